The van der Waals surface area contributed by atoms with E-state index in [1.54, 1.807) is 55.3 Å². The molecule has 374 valence electrons. The summed E-state index contributed by atoms with van der Waals surface area (Å²) < 4.78 is 37.5. The van der Waals surface area contributed by atoms with E-state index in [1.807, 2.05) is 72.8 Å². The molecule has 6 atom stereocenters. The molecule has 0 aromatic heterocycles. The standard InChI is InChI=1S/C57H65N3O11/c1-5-31-68-57-52(60(56(64)67-6-2)36-41-22-16-21-39-19-10-11-23-44(39)41)35-49(59-69-37-38-17-8-7-9-18-38)46-32-40(20-12-14-29-61)45(24-13-15-30-62)53(54(46)57)47-33-43(26-28-50(47)71-57)70-55(63)58-48-27-25-42(65-3)34-51(48)66-4/h5,7-11,16-19,21-23,25-28,32-34,40,45,52-54,61-62H,1,6,12-15,20,24,29-31,35-37H2,2-4H3,(H,58,63). The highest BCUT2D eigenvalue weighted by molar-refractivity contribution is 6.03. The summed E-state index contributed by atoms with van der Waals surface area (Å²) in [5, 5.41) is 29.9. The second kappa shape index (κ2) is 23.8. The maximum atomic E-state index is 14.8. The number of allylic oxidation sites excluding steroid dienone is 1. The Hall–Kier alpha value is -6.87. The molecule has 14 heteroatoms. The minimum Gasteiger partial charge on any atom is -0.497 e. The fraction of sp³-hybridized carbons (Fsp3) is 0.386. The number of hydrogen-bond acceptors (Lipinski definition) is 12. The first-order valence-corrected chi connectivity index (χ1v) is 24.6. The van der Waals surface area contributed by atoms with Gasteiger partial charge in [-0.1, -0.05) is 103 Å². The molecule has 0 spiro atoms. The summed E-state index contributed by atoms with van der Waals surface area (Å²) in [6.07, 6.45) is 7.05. The third kappa shape index (κ3) is 11.2. The summed E-state index contributed by atoms with van der Waals surface area (Å²) in [4.78, 5) is 36.6. The molecular weight excluding hydrogens is 903 g/mol. The average Bonchev–Trinajstić information content (AvgIpc) is 3.39. The molecule has 14 nitrogen and oxygen atoms in total. The van der Waals surface area contributed by atoms with E-state index in [-0.39, 0.29) is 69.5 Å². The lowest BCUT2D eigenvalue weighted by atomic mass is 9.55. The minimum atomic E-state index is -1.55. The van der Waals surface area contributed by atoms with Crippen molar-refractivity contribution < 1.29 is 53.1 Å². The summed E-state index contributed by atoms with van der Waals surface area (Å²) in [5.74, 6) is -0.909. The number of unbranched alkanes of at least 4 members (excludes halogenated alkanes) is 2. The fourth-order valence-corrected chi connectivity index (χ4v) is 10.7. The van der Waals surface area contributed by atoms with Crippen molar-refractivity contribution in [1.82, 2.24) is 4.90 Å². The van der Waals surface area contributed by atoms with Gasteiger partial charge in [0.1, 0.15) is 35.6 Å². The number of hydrogen-bond donors (Lipinski definition) is 3. The van der Waals surface area contributed by atoms with Crippen LogP contribution in [0, 0.1) is 17.8 Å². The van der Waals surface area contributed by atoms with Gasteiger partial charge in [0, 0.05) is 37.2 Å². The number of oxime groups is 1. The van der Waals surface area contributed by atoms with Crippen LogP contribution in [0.15, 0.2) is 139 Å². The molecule has 8 rings (SSSR count). The average molecular weight is 968 g/mol. The lowest BCUT2D eigenvalue weighted by Crippen LogP contribution is -2.70. The summed E-state index contributed by atoms with van der Waals surface area (Å²) in [5.41, 5.74) is 4.53. The van der Waals surface area contributed by atoms with E-state index < -0.39 is 29.9 Å². The molecule has 0 radical (unpaired) electrons. The Bertz CT molecular complexity index is 2690. The Morgan fingerprint density at radius 3 is 2.41 bits per heavy atom. The Kier molecular flexibility index (Phi) is 17.0. The van der Waals surface area contributed by atoms with Crippen LogP contribution in [0.5, 0.6) is 23.0 Å². The lowest BCUT2D eigenvalue weighted by Gasteiger charge is -2.59. The molecule has 3 N–H and O–H groups in total. The van der Waals surface area contributed by atoms with Crippen LogP contribution in [0.2, 0.25) is 0 Å². The number of anilines is 1. The molecule has 1 fully saturated rings. The Morgan fingerprint density at radius 2 is 1.65 bits per heavy atom. The molecule has 1 saturated carbocycles. The third-order valence-corrected chi connectivity index (χ3v) is 13.8. The zero-order chi connectivity index (χ0) is 49.7. The number of aliphatic hydroxyl groups is 2. The molecular formula is C57H65N3O11. The second-order valence-corrected chi connectivity index (χ2v) is 18.1. The predicted octanol–water partition coefficient (Wildman–Crippen LogP) is 11.0. The Labute approximate surface area is 415 Å². The monoisotopic (exact) mass is 967 g/mol. The second-order valence-electron chi connectivity index (χ2n) is 18.1. The molecule has 1 aliphatic heterocycles. The van der Waals surface area contributed by atoms with Gasteiger partial charge in [0.15, 0.2) is 0 Å². The van der Waals surface area contributed by atoms with Crippen molar-refractivity contribution >= 4 is 34.4 Å². The largest absolute Gasteiger partial charge is 0.497 e. The fourth-order valence-electron chi connectivity index (χ4n) is 10.7. The van der Waals surface area contributed by atoms with Crippen LogP contribution in [0.1, 0.15) is 74.5 Å². The predicted molar refractivity (Wildman–Crippen MR) is 272 cm³/mol. The SMILES string of the molecule is C=CCOC12Oc3ccc(OC(=O)Nc4ccc(OC)cc4OC)cc3C3C(CCCCO)C(CCCCO)C=C(C(=NOCc4ccccc4)CC1N(Cc1cccc4ccccc14)C(=O)OCC)C32. The van der Waals surface area contributed by atoms with Crippen LogP contribution in [0.25, 0.3) is 10.8 Å². The van der Waals surface area contributed by atoms with Gasteiger partial charge < -0.3 is 43.5 Å². The minimum absolute atomic E-state index is 0.0253. The number of ether oxygens (including phenoxy) is 6. The number of carbonyl (C=O) groups is 2. The van der Waals surface area contributed by atoms with Crippen molar-refractivity contribution in [2.75, 3.05) is 46.0 Å². The molecule has 1 heterocycles. The van der Waals surface area contributed by atoms with Crippen molar-refractivity contribution in [1.29, 1.82) is 0 Å². The van der Waals surface area contributed by atoms with Crippen LogP contribution >= 0.6 is 0 Å². The number of fused-ring (bicyclic) bond motifs is 3. The summed E-state index contributed by atoms with van der Waals surface area (Å²) in [6.45, 7) is 6.52. The Morgan fingerprint density at radius 1 is 0.887 bits per heavy atom. The number of carbonyl (C=O) groups excluding carboxylic acids is 2. The topological polar surface area (TPSA) is 167 Å². The van der Waals surface area contributed by atoms with Gasteiger partial charge in [0.25, 0.3) is 0 Å². The van der Waals surface area contributed by atoms with Gasteiger partial charge in [-0.3, -0.25) is 10.2 Å². The van der Waals surface area contributed by atoms with Gasteiger partial charge in [0.05, 0.1) is 51.3 Å². The van der Waals surface area contributed by atoms with Crippen LogP contribution in [-0.4, -0.2) is 85.5 Å². The number of aliphatic hydroxyl groups excluding tert-OH is 2. The molecule has 2 amide bonds. The van der Waals surface area contributed by atoms with Gasteiger partial charge in [0.2, 0.25) is 5.79 Å². The molecule has 71 heavy (non-hydrogen) atoms. The molecule has 3 aliphatic rings. The van der Waals surface area contributed by atoms with E-state index in [9.17, 15) is 19.8 Å². The summed E-state index contributed by atoms with van der Waals surface area (Å²) >= 11 is 0. The number of rotatable bonds is 22. The van der Waals surface area contributed by atoms with Gasteiger partial charge >= 0.3 is 12.2 Å². The first-order chi connectivity index (χ1) is 34.7. The zero-order valence-electron chi connectivity index (χ0n) is 40.8. The number of nitrogens with one attached hydrogen (secondary N) is 1. The van der Waals surface area contributed by atoms with Crippen LogP contribution < -0.4 is 24.3 Å². The quantitative estimate of drug-likeness (QED) is 0.0343. The van der Waals surface area contributed by atoms with Crippen molar-refractivity contribution in [2.45, 2.75) is 82.8 Å². The Balaban J connectivity index is 1.31. The molecule has 0 bridgehead atoms. The highest BCUT2D eigenvalue weighted by Gasteiger charge is 2.65. The van der Waals surface area contributed by atoms with Crippen molar-refractivity contribution in [2.24, 2.45) is 22.9 Å². The van der Waals surface area contributed by atoms with Crippen molar-refractivity contribution in [3.05, 3.63) is 150 Å². The lowest BCUT2D eigenvalue weighted by molar-refractivity contribution is -0.256. The first-order valence-electron chi connectivity index (χ1n) is 24.6. The van der Waals surface area contributed by atoms with E-state index in [4.69, 9.17) is 38.4 Å². The molecule has 5 aromatic carbocycles. The van der Waals surface area contributed by atoms with Crippen molar-refractivity contribution in [3.63, 3.8) is 0 Å². The normalized spacial score (nSPS) is 21.5. The maximum Gasteiger partial charge on any atom is 0.417 e. The highest BCUT2D eigenvalue weighted by atomic mass is 16.7. The molecule has 6 unspecified atom stereocenters. The van der Waals surface area contributed by atoms with E-state index in [2.05, 4.69) is 24.0 Å². The smallest absolute Gasteiger partial charge is 0.417 e. The number of benzene rings is 5. The van der Waals surface area contributed by atoms with E-state index >= 15 is 0 Å². The molecule has 0 saturated heterocycles. The molecule has 2 aliphatic carbocycles. The number of amides is 2. The van der Waals surface area contributed by atoms with Gasteiger partial charge in [-0.25, -0.2) is 9.59 Å². The summed E-state index contributed by atoms with van der Waals surface area (Å²) in [7, 11) is 3.06. The number of methoxy groups -OCH3 is 2. The molecule has 5 aromatic rings. The zero-order valence-corrected chi connectivity index (χ0v) is 40.8. The van der Waals surface area contributed by atoms with Gasteiger partial charge in [-0.15, -0.1) is 6.58 Å². The number of nitrogens with zero attached hydrogens (tertiary/aromatic N) is 2. The first kappa shape index (κ1) is 50.5. The van der Waals surface area contributed by atoms with Crippen LogP contribution in [0.4, 0.5) is 15.3 Å². The van der Waals surface area contributed by atoms with E-state index in [0.29, 0.717) is 47.9 Å². The van der Waals surface area contributed by atoms with E-state index in [1.165, 1.54) is 7.11 Å². The van der Waals surface area contributed by atoms with Crippen LogP contribution in [0.3, 0.4) is 0 Å². The highest BCUT2D eigenvalue weighted by Crippen LogP contribution is 2.62. The van der Waals surface area contributed by atoms with Crippen molar-refractivity contribution in [3.8, 4) is 23.0 Å². The maximum absolute atomic E-state index is 14.8. The van der Waals surface area contributed by atoms with Gasteiger partial charge in [-0.2, -0.15) is 0 Å². The third-order valence-electron chi connectivity index (χ3n) is 13.8. The summed E-state index contributed by atoms with van der Waals surface area (Å²) in [6, 6.07) is 33.5. The van der Waals surface area contributed by atoms with Gasteiger partial charge in [-0.05, 0) is 102 Å². The van der Waals surface area contributed by atoms with Crippen LogP contribution in [-0.2, 0) is 27.5 Å². The van der Waals surface area contributed by atoms with E-state index in [0.717, 1.165) is 52.3 Å².